The van der Waals surface area contributed by atoms with Crippen molar-refractivity contribution in [3.05, 3.63) is 30.0 Å². The number of hydrogen-bond donors (Lipinski definition) is 0. The molecule has 0 saturated carbocycles. The molecule has 1 aromatic carbocycles. The highest BCUT2D eigenvalue weighted by Crippen LogP contribution is 2.38. The summed E-state index contributed by atoms with van der Waals surface area (Å²) in [6.07, 6.45) is -1.14. The molecule has 0 aromatic heterocycles. The average Bonchev–Trinajstić information content (AvgIpc) is 2.34. The van der Waals surface area contributed by atoms with Crippen molar-refractivity contribution in [1.29, 1.82) is 0 Å². The standard InChI is InChI=1S/C11H10F2O4/c1-15-8-3-7(5-14)4-9(16-2)11(8)17-6-10(12)13/h3-6H,1-2H3. The number of carbonyl (C=O) groups excluding carboxylic acids is 1. The van der Waals surface area contributed by atoms with E-state index in [1.54, 1.807) is 0 Å². The molecular weight excluding hydrogens is 234 g/mol. The fourth-order valence-electron chi connectivity index (χ4n) is 1.19. The maximum Gasteiger partial charge on any atom is 0.305 e. The van der Waals surface area contributed by atoms with Gasteiger partial charge in [0.05, 0.1) is 14.2 Å². The predicted molar refractivity (Wildman–Crippen MR) is 55.9 cm³/mol. The van der Waals surface area contributed by atoms with Gasteiger partial charge in [0.2, 0.25) is 5.75 Å². The van der Waals surface area contributed by atoms with Crippen LogP contribution < -0.4 is 14.2 Å². The van der Waals surface area contributed by atoms with Gasteiger partial charge >= 0.3 is 6.08 Å². The zero-order valence-corrected chi connectivity index (χ0v) is 9.20. The van der Waals surface area contributed by atoms with Crippen LogP contribution in [0.15, 0.2) is 24.5 Å². The lowest BCUT2D eigenvalue weighted by Gasteiger charge is -2.12. The Labute approximate surface area is 96.4 Å². The highest BCUT2D eigenvalue weighted by atomic mass is 19.3. The molecule has 17 heavy (non-hydrogen) atoms. The Morgan fingerprint density at radius 2 is 1.71 bits per heavy atom. The molecular formula is C11H10F2O4. The van der Waals surface area contributed by atoms with E-state index < -0.39 is 6.08 Å². The second-order valence-electron chi connectivity index (χ2n) is 2.90. The molecule has 0 aliphatic heterocycles. The number of carbonyl (C=O) groups is 1. The maximum absolute atomic E-state index is 11.9. The molecule has 0 atom stereocenters. The molecule has 4 nitrogen and oxygen atoms in total. The maximum atomic E-state index is 11.9. The molecule has 0 spiro atoms. The second-order valence-corrected chi connectivity index (χ2v) is 2.90. The number of methoxy groups -OCH3 is 2. The highest BCUT2D eigenvalue weighted by molar-refractivity contribution is 5.78. The van der Waals surface area contributed by atoms with E-state index in [-0.39, 0.29) is 29.1 Å². The minimum atomic E-state index is -1.99. The molecule has 0 amide bonds. The van der Waals surface area contributed by atoms with Gasteiger partial charge in [-0.25, -0.2) is 0 Å². The zero-order valence-electron chi connectivity index (χ0n) is 9.20. The molecule has 0 fully saturated rings. The third kappa shape index (κ3) is 3.17. The van der Waals surface area contributed by atoms with E-state index in [2.05, 4.69) is 0 Å². The summed E-state index contributed by atoms with van der Waals surface area (Å²) in [6, 6.07) is 2.71. The third-order valence-electron chi connectivity index (χ3n) is 1.88. The Kier molecular flexibility index (Phi) is 4.45. The van der Waals surface area contributed by atoms with Gasteiger partial charge in [-0.15, -0.1) is 0 Å². The molecule has 6 heteroatoms. The van der Waals surface area contributed by atoms with Crippen LogP contribution >= 0.6 is 0 Å². The van der Waals surface area contributed by atoms with Crippen LogP contribution in [0.5, 0.6) is 17.2 Å². The van der Waals surface area contributed by atoms with Gasteiger partial charge in [0, 0.05) is 5.56 Å². The van der Waals surface area contributed by atoms with E-state index in [0.717, 1.165) is 0 Å². The summed E-state index contributed by atoms with van der Waals surface area (Å²) in [6.45, 7) is 0. The number of benzene rings is 1. The lowest BCUT2D eigenvalue weighted by atomic mass is 10.2. The van der Waals surface area contributed by atoms with Crippen molar-refractivity contribution in [2.75, 3.05) is 14.2 Å². The van der Waals surface area contributed by atoms with Crippen LogP contribution in [0.4, 0.5) is 8.78 Å². The van der Waals surface area contributed by atoms with Crippen molar-refractivity contribution in [2.24, 2.45) is 0 Å². The molecule has 0 N–H and O–H groups in total. The summed E-state index contributed by atoms with van der Waals surface area (Å²) in [5.74, 6) is 0.237. The van der Waals surface area contributed by atoms with Gasteiger partial charge in [0.1, 0.15) is 6.29 Å². The van der Waals surface area contributed by atoms with Crippen molar-refractivity contribution in [2.45, 2.75) is 0 Å². The number of halogens is 2. The first-order valence-corrected chi connectivity index (χ1v) is 4.51. The van der Waals surface area contributed by atoms with Gasteiger partial charge in [0.15, 0.2) is 17.8 Å². The molecule has 0 aliphatic rings. The number of ether oxygens (including phenoxy) is 3. The zero-order chi connectivity index (χ0) is 12.8. The highest BCUT2D eigenvalue weighted by Gasteiger charge is 2.13. The van der Waals surface area contributed by atoms with Crippen molar-refractivity contribution in [1.82, 2.24) is 0 Å². The second kappa shape index (κ2) is 5.83. The van der Waals surface area contributed by atoms with Gasteiger partial charge < -0.3 is 14.2 Å². The van der Waals surface area contributed by atoms with Crippen LogP contribution in [-0.2, 0) is 0 Å². The Balaban J connectivity index is 3.24. The Bertz CT molecular complexity index is 414. The molecule has 1 aromatic rings. The molecule has 0 saturated heterocycles. The lowest BCUT2D eigenvalue weighted by Crippen LogP contribution is -1.96. The van der Waals surface area contributed by atoms with Crippen LogP contribution in [0.2, 0.25) is 0 Å². The largest absolute Gasteiger partial charge is 0.493 e. The number of hydrogen-bond acceptors (Lipinski definition) is 4. The third-order valence-corrected chi connectivity index (χ3v) is 1.88. The minimum Gasteiger partial charge on any atom is -0.493 e. The summed E-state index contributed by atoms with van der Waals surface area (Å²) in [5.41, 5.74) is 0.288. The molecule has 92 valence electrons. The first-order chi connectivity index (χ1) is 8.12. The van der Waals surface area contributed by atoms with Crippen LogP contribution in [0.25, 0.3) is 0 Å². The van der Waals surface area contributed by atoms with Crippen molar-refractivity contribution < 1.29 is 27.8 Å². The monoisotopic (exact) mass is 244 g/mol. The summed E-state index contributed by atoms with van der Waals surface area (Å²) in [5, 5.41) is 0. The smallest absolute Gasteiger partial charge is 0.305 e. The summed E-state index contributed by atoms with van der Waals surface area (Å²) >= 11 is 0. The van der Waals surface area contributed by atoms with Gasteiger partial charge in [0.25, 0.3) is 0 Å². The molecule has 0 unspecified atom stereocenters. The normalized spacial score (nSPS) is 9.41. The first kappa shape index (κ1) is 13.0. The SMILES string of the molecule is COc1cc(C=O)cc(OC)c1OC=C(F)F. The number of rotatable bonds is 5. The van der Waals surface area contributed by atoms with Crippen LogP contribution in [0, 0.1) is 0 Å². The summed E-state index contributed by atoms with van der Waals surface area (Å²) < 4.78 is 38.5. The van der Waals surface area contributed by atoms with E-state index in [1.165, 1.54) is 26.4 Å². The molecule has 0 radical (unpaired) electrons. The Hall–Kier alpha value is -2.11. The molecule has 0 heterocycles. The van der Waals surface area contributed by atoms with E-state index in [0.29, 0.717) is 6.29 Å². The summed E-state index contributed by atoms with van der Waals surface area (Å²) in [4.78, 5) is 10.6. The fourth-order valence-corrected chi connectivity index (χ4v) is 1.19. The number of aldehydes is 1. The fraction of sp³-hybridized carbons (Fsp3) is 0.182. The van der Waals surface area contributed by atoms with Crippen molar-refractivity contribution in [3.8, 4) is 17.2 Å². The van der Waals surface area contributed by atoms with Crippen LogP contribution in [0.1, 0.15) is 10.4 Å². The van der Waals surface area contributed by atoms with Gasteiger partial charge in [-0.3, -0.25) is 4.79 Å². The summed E-state index contributed by atoms with van der Waals surface area (Å²) in [7, 11) is 2.65. The molecule has 0 bridgehead atoms. The molecule has 0 aliphatic carbocycles. The lowest BCUT2D eigenvalue weighted by molar-refractivity contribution is 0.112. The van der Waals surface area contributed by atoms with E-state index in [4.69, 9.17) is 14.2 Å². The van der Waals surface area contributed by atoms with Gasteiger partial charge in [-0.05, 0) is 12.1 Å². The predicted octanol–water partition coefficient (Wildman–Crippen LogP) is 2.63. The average molecular weight is 244 g/mol. The van der Waals surface area contributed by atoms with Crippen molar-refractivity contribution in [3.63, 3.8) is 0 Å². The Morgan fingerprint density at radius 3 is 2.06 bits per heavy atom. The topological polar surface area (TPSA) is 44.8 Å². The van der Waals surface area contributed by atoms with Gasteiger partial charge in [-0.2, -0.15) is 8.78 Å². The van der Waals surface area contributed by atoms with E-state index in [9.17, 15) is 13.6 Å². The minimum absolute atomic E-state index is 0.0200. The molecule has 1 rings (SSSR count). The first-order valence-electron chi connectivity index (χ1n) is 4.51. The van der Waals surface area contributed by atoms with Crippen molar-refractivity contribution >= 4 is 6.29 Å². The van der Waals surface area contributed by atoms with Crippen LogP contribution in [0.3, 0.4) is 0 Å². The quantitative estimate of drug-likeness (QED) is 0.590. The van der Waals surface area contributed by atoms with E-state index >= 15 is 0 Å². The van der Waals surface area contributed by atoms with Crippen LogP contribution in [-0.4, -0.2) is 20.5 Å². The van der Waals surface area contributed by atoms with Gasteiger partial charge in [-0.1, -0.05) is 0 Å². The Morgan fingerprint density at radius 1 is 1.18 bits per heavy atom. The van der Waals surface area contributed by atoms with E-state index in [1.807, 2.05) is 0 Å².